The average Bonchev–Trinajstić information content (AvgIpc) is 2.90. The SMILES string of the molecule is CCN1C(=O)/C(=C/c2cccc(F)c2)SC1=Nc1ccccc1C(=O)O. The topological polar surface area (TPSA) is 70.0 Å². The lowest BCUT2D eigenvalue weighted by molar-refractivity contribution is -0.122. The number of thioether (sulfide) groups is 1. The first-order chi connectivity index (χ1) is 12.5. The predicted molar refractivity (Wildman–Crippen MR) is 99.9 cm³/mol. The largest absolute Gasteiger partial charge is 0.478 e. The Morgan fingerprint density at radius 2 is 2.04 bits per heavy atom. The molecule has 132 valence electrons. The van der Waals surface area contributed by atoms with Crippen LogP contribution >= 0.6 is 11.8 Å². The standard InChI is InChI=1S/C19H15FN2O3S/c1-2-22-17(23)16(11-12-6-5-7-13(20)10-12)26-19(22)21-15-9-4-3-8-14(15)18(24)25/h3-11H,2H2,1H3,(H,24,25)/b16-11-,21-19?. The van der Waals surface area contributed by atoms with Crippen molar-refractivity contribution in [3.63, 3.8) is 0 Å². The second kappa shape index (κ2) is 7.53. The first-order valence-electron chi connectivity index (χ1n) is 7.87. The van der Waals surface area contributed by atoms with Gasteiger partial charge in [0, 0.05) is 6.54 Å². The molecule has 2 aromatic rings. The first-order valence-corrected chi connectivity index (χ1v) is 8.69. The number of amidine groups is 1. The lowest BCUT2D eigenvalue weighted by Crippen LogP contribution is -2.28. The quantitative estimate of drug-likeness (QED) is 0.821. The summed E-state index contributed by atoms with van der Waals surface area (Å²) in [5.74, 6) is -1.71. The van der Waals surface area contributed by atoms with Crippen molar-refractivity contribution in [2.45, 2.75) is 6.92 Å². The van der Waals surface area contributed by atoms with Crippen LogP contribution < -0.4 is 0 Å². The molecule has 0 atom stereocenters. The Labute approximate surface area is 153 Å². The zero-order valence-corrected chi connectivity index (χ0v) is 14.7. The van der Waals surface area contributed by atoms with E-state index in [1.54, 1.807) is 36.4 Å². The number of likely N-dealkylation sites (N-methyl/N-ethyl adjacent to an activating group) is 1. The van der Waals surface area contributed by atoms with Crippen molar-refractivity contribution >= 4 is 40.6 Å². The lowest BCUT2D eigenvalue weighted by Gasteiger charge is -2.12. The smallest absolute Gasteiger partial charge is 0.337 e. The van der Waals surface area contributed by atoms with E-state index in [9.17, 15) is 19.1 Å². The summed E-state index contributed by atoms with van der Waals surface area (Å²) >= 11 is 1.14. The second-order valence-electron chi connectivity index (χ2n) is 5.43. The number of rotatable bonds is 4. The van der Waals surface area contributed by atoms with Gasteiger partial charge in [0.2, 0.25) is 0 Å². The van der Waals surface area contributed by atoms with Gasteiger partial charge in [0.15, 0.2) is 5.17 Å². The Hall–Kier alpha value is -2.93. The van der Waals surface area contributed by atoms with E-state index >= 15 is 0 Å². The number of carbonyl (C=O) groups excluding carboxylic acids is 1. The van der Waals surface area contributed by atoms with Crippen LogP contribution in [-0.4, -0.2) is 33.6 Å². The van der Waals surface area contributed by atoms with Gasteiger partial charge in [-0.05, 0) is 54.6 Å². The number of carboxylic acids is 1. The summed E-state index contributed by atoms with van der Waals surface area (Å²) in [5, 5.41) is 9.68. The van der Waals surface area contributed by atoms with E-state index < -0.39 is 5.97 Å². The molecule has 1 aliphatic heterocycles. The van der Waals surface area contributed by atoms with Crippen LogP contribution in [0.25, 0.3) is 6.08 Å². The molecule has 3 rings (SSSR count). The fourth-order valence-corrected chi connectivity index (χ4v) is 3.53. The van der Waals surface area contributed by atoms with Gasteiger partial charge in [-0.2, -0.15) is 0 Å². The van der Waals surface area contributed by atoms with Crippen molar-refractivity contribution in [1.29, 1.82) is 0 Å². The van der Waals surface area contributed by atoms with Gasteiger partial charge in [0.1, 0.15) is 5.82 Å². The van der Waals surface area contributed by atoms with Gasteiger partial charge in [0.25, 0.3) is 5.91 Å². The van der Waals surface area contributed by atoms with Crippen molar-refractivity contribution in [3.05, 3.63) is 70.4 Å². The van der Waals surface area contributed by atoms with Gasteiger partial charge in [-0.25, -0.2) is 14.2 Å². The third-order valence-corrected chi connectivity index (χ3v) is 4.71. The van der Waals surface area contributed by atoms with Crippen LogP contribution in [0, 0.1) is 5.82 Å². The van der Waals surface area contributed by atoms with E-state index in [1.807, 2.05) is 6.92 Å². The van der Waals surface area contributed by atoms with E-state index in [2.05, 4.69) is 4.99 Å². The normalized spacial score (nSPS) is 17.3. The van der Waals surface area contributed by atoms with Crippen LogP contribution in [-0.2, 0) is 4.79 Å². The zero-order valence-electron chi connectivity index (χ0n) is 13.8. The molecule has 0 aliphatic carbocycles. The van der Waals surface area contributed by atoms with Crippen LogP contribution in [0.15, 0.2) is 58.4 Å². The Balaban J connectivity index is 1.99. The molecule has 1 N–H and O–H groups in total. The van der Waals surface area contributed by atoms with E-state index in [1.165, 1.54) is 23.1 Å². The van der Waals surface area contributed by atoms with E-state index in [4.69, 9.17) is 0 Å². The maximum Gasteiger partial charge on any atom is 0.337 e. The highest BCUT2D eigenvalue weighted by Crippen LogP contribution is 2.34. The molecule has 0 radical (unpaired) electrons. The minimum absolute atomic E-state index is 0.0617. The molecule has 0 bridgehead atoms. The summed E-state index contributed by atoms with van der Waals surface area (Å²) in [7, 11) is 0. The van der Waals surface area contributed by atoms with Crippen LogP contribution in [0.5, 0.6) is 0 Å². The number of amides is 1. The lowest BCUT2D eigenvalue weighted by atomic mass is 10.2. The molecule has 1 saturated heterocycles. The number of hydrogen-bond donors (Lipinski definition) is 1. The number of hydrogen-bond acceptors (Lipinski definition) is 4. The van der Waals surface area contributed by atoms with Gasteiger partial charge in [0.05, 0.1) is 16.2 Å². The van der Waals surface area contributed by atoms with Crippen molar-refractivity contribution in [2.75, 3.05) is 6.54 Å². The summed E-state index contributed by atoms with van der Waals surface area (Å²) in [6, 6.07) is 12.3. The number of aromatic carboxylic acids is 1. The number of carbonyl (C=O) groups is 2. The van der Waals surface area contributed by atoms with Crippen LogP contribution in [0.2, 0.25) is 0 Å². The third-order valence-electron chi connectivity index (χ3n) is 3.70. The Kier molecular flexibility index (Phi) is 5.18. The van der Waals surface area contributed by atoms with Gasteiger partial charge in [-0.1, -0.05) is 24.3 Å². The number of benzene rings is 2. The molecule has 1 heterocycles. The van der Waals surface area contributed by atoms with Crippen molar-refractivity contribution in [1.82, 2.24) is 4.90 Å². The average molecular weight is 370 g/mol. The molecule has 1 aliphatic rings. The van der Waals surface area contributed by atoms with Crippen molar-refractivity contribution in [3.8, 4) is 0 Å². The fraction of sp³-hybridized carbons (Fsp3) is 0.105. The zero-order chi connectivity index (χ0) is 18.7. The highest BCUT2D eigenvalue weighted by molar-refractivity contribution is 8.18. The van der Waals surface area contributed by atoms with Gasteiger partial charge in [-0.3, -0.25) is 9.69 Å². The minimum Gasteiger partial charge on any atom is -0.478 e. The fourth-order valence-electron chi connectivity index (χ4n) is 2.47. The van der Waals surface area contributed by atoms with Crippen LogP contribution in [0.4, 0.5) is 10.1 Å². The Morgan fingerprint density at radius 3 is 2.73 bits per heavy atom. The summed E-state index contributed by atoms with van der Waals surface area (Å²) in [5.41, 5.74) is 0.913. The molecule has 2 aromatic carbocycles. The molecule has 7 heteroatoms. The molecule has 0 saturated carbocycles. The monoisotopic (exact) mass is 370 g/mol. The number of nitrogens with zero attached hydrogens (tertiary/aromatic N) is 2. The number of halogens is 1. The Bertz CT molecular complexity index is 940. The molecule has 0 unspecified atom stereocenters. The molecule has 1 fully saturated rings. The maximum absolute atomic E-state index is 13.4. The summed E-state index contributed by atoms with van der Waals surface area (Å²) < 4.78 is 13.4. The molecule has 0 aromatic heterocycles. The first kappa shape index (κ1) is 17.9. The second-order valence-corrected chi connectivity index (χ2v) is 6.44. The molecule has 1 amide bonds. The van der Waals surface area contributed by atoms with Crippen molar-refractivity contribution < 1.29 is 19.1 Å². The number of aliphatic imine (C=N–C) groups is 1. The van der Waals surface area contributed by atoms with E-state index in [0.717, 1.165) is 11.8 Å². The maximum atomic E-state index is 13.4. The van der Waals surface area contributed by atoms with Gasteiger partial charge >= 0.3 is 5.97 Å². The molecule has 0 spiro atoms. The highest BCUT2D eigenvalue weighted by Gasteiger charge is 2.32. The van der Waals surface area contributed by atoms with E-state index in [0.29, 0.717) is 22.2 Å². The molecule has 5 nitrogen and oxygen atoms in total. The van der Waals surface area contributed by atoms with Gasteiger partial charge < -0.3 is 5.11 Å². The number of carboxylic acid groups (broad SMARTS) is 1. The number of para-hydroxylation sites is 1. The highest BCUT2D eigenvalue weighted by atomic mass is 32.2. The molecular formula is C19H15FN2O3S. The minimum atomic E-state index is -1.09. The third kappa shape index (κ3) is 3.67. The summed E-state index contributed by atoms with van der Waals surface area (Å²) in [4.78, 5) is 30.2. The van der Waals surface area contributed by atoms with Crippen LogP contribution in [0.1, 0.15) is 22.8 Å². The molecule has 26 heavy (non-hydrogen) atoms. The predicted octanol–water partition coefficient (Wildman–Crippen LogP) is 4.15. The molecular weight excluding hydrogens is 355 g/mol. The summed E-state index contributed by atoms with van der Waals surface area (Å²) in [6.07, 6.45) is 1.60. The summed E-state index contributed by atoms with van der Waals surface area (Å²) in [6.45, 7) is 2.20. The van der Waals surface area contributed by atoms with Crippen molar-refractivity contribution in [2.24, 2.45) is 4.99 Å². The van der Waals surface area contributed by atoms with Crippen LogP contribution in [0.3, 0.4) is 0 Å². The van der Waals surface area contributed by atoms with E-state index in [-0.39, 0.29) is 23.0 Å². The van der Waals surface area contributed by atoms with Gasteiger partial charge in [-0.15, -0.1) is 0 Å². The Morgan fingerprint density at radius 1 is 1.27 bits per heavy atom.